The Bertz CT molecular complexity index is 1110. The molecule has 3 aromatic heterocycles. The third-order valence-corrected chi connectivity index (χ3v) is 7.31. The highest BCUT2D eigenvalue weighted by Gasteiger charge is 2.74. The van der Waals surface area contributed by atoms with E-state index in [4.69, 9.17) is 9.72 Å². The highest BCUT2D eigenvalue weighted by molar-refractivity contribution is 7.21. The molecule has 3 heterocycles. The molecule has 5 N–H and O–H groups in total. The lowest BCUT2D eigenvalue weighted by Gasteiger charge is -2.25. The van der Waals surface area contributed by atoms with Crippen LogP contribution in [-0.2, 0) is 4.74 Å². The maximum atomic E-state index is 10.6. The van der Waals surface area contributed by atoms with Crippen LogP contribution >= 0.6 is 11.3 Å². The third kappa shape index (κ3) is 3.50. The van der Waals surface area contributed by atoms with Crippen molar-refractivity contribution in [3.8, 4) is 10.6 Å². The molecule has 1 unspecified atom stereocenters. The Morgan fingerprint density at radius 1 is 1.25 bits per heavy atom. The van der Waals surface area contributed by atoms with Crippen molar-refractivity contribution in [2.75, 3.05) is 30.4 Å². The molecule has 5 rings (SSSR count). The van der Waals surface area contributed by atoms with Crippen LogP contribution in [0.2, 0.25) is 0 Å². The maximum Gasteiger partial charge on any atom is 0.224 e. The van der Waals surface area contributed by atoms with E-state index in [1.165, 1.54) is 11.3 Å². The molecular weight excluding hydrogens is 432 g/mol. The van der Waals surface area contributed by atoms with Gasteiger partial charge < -0.3 is 30.7 Å². The van der Waals surface area contributed by atoms with Gasteiger partial charge in [-0.2, -0.15) is 4.98 Å². The van der Waals surface area contributed by atoms with Gasteiger partial charge in [0.05, 0.1) is 40.9 Å². The Labute approximate surface area is 188 Å². The fraction of sp³-hybridized carbons (Fsp3) is 0.524. The number of aliphatic hydroxyl groups is 3. The molecule has 11 heteroatoms. The molecule has 5 atom stereocenters. The minimum absolute atomic E-state index is 0.335. The van der Waals surface area contributed by atoms with Gasteiger partial charge in [0.2, 0.25) is 5.95 Å². The van der Waals surface area contributed by atoms with Gasteiger partial charge in [-0.15, -0.1) is 11.3 Å². The summed E-state index contributed by atoms with van der Waals surface area (Å²) >= 11 is 1.51. The summed E-state index contributed by atoms with van der Waals surface area (Å²) in [5, 5.41) is 38.2. The summed E-state index contributed by atoms with van der Waals surface area (Å²) in [6.07, 6.45) is 1.91. The molecule has 170 valence electrons. The van der Waals surface area contributed by atoms with Crippen LogP contribution in [0, 0.1) is 12.8 Å². The molecule has 0 saturated heterocycles. The summed E-state index contributed by atoms with van der Waals surface area (Å²) in [4.78, 5) is 18.1. The topological polar surface area (TPSA) is 146 Å². The van der Waals surface area contributed by atoms with Gasteiger partial charge in [-0.3, -0.25) is 4.98 Å². The second-order valence-corrected chi connectivity index (χ2v) is 9.24. The maximum absolute atomic E-state index is 10.6. The first-order valence-corrected chi connectivity index (χ1v) is 11.5. The summed E-state index contributed by atoms with van der Waals surface area (Å²) in [6.45, 7) is 5.55. The molecule has 10 nitrogen and oxygen atoms in total. The zero-order chi connectivity index (χ0) is 22.5. The van der Waals surface area contributed by atoms with Gasteiger partial charge in [0, 0.05) is 25.3 Å². The summed E-state index contributed by atoms with van der Waals surface area (Å²) < 4.78 is 6.37. The van der Waals surface area contributed by atoms with Crippen molar-refractivity contribution in [3.05, 3.63) is 24.2 Å². The number of hydrogen-bond acceptors (Lipinski definition) is 11. The smallest absolute Gasteiger partial charge is 0.224 e. The van der Waals surface area contributed by atoms with Gasteiger partial charge in [0.15, 0.2) is 0 Å². The number of pyridine rings is 1. The van der Waals surface area contributed by atoms with Gasteiger partial charge >= 0.3 is 0 Å². The lowest BCUT2D eigenvalue weighted by atomic mass is 10.1. The normalized spacial score (nSPS) is 28.7. The second-order valence-electron chi connectivity index (χ2n) is 8.21. The Morgan fingerprint density at radius 3 is 2.81 bits per heavy atom. The number of ether oxygens (including phenoxy) is 1. The molecule has 0 aromatic carbocycles. The first-order valence-electron chi connectivity index (χ1n) is 10.7. The van der Waals surface area contributed by atoms with Gasteiger partial charge in [0.1, 0.15) is 28.0 Å². The summed E-state index contributed by atoms with van der Waals surface area (Å²) in [5.41, 5.74) is 0.808. The van der Waals surface area contributed by atoms with Crippen LogP contribution in [-0.4, -0.2) is 78.9 Å². The third-order valence-electron chi connectivity index (χ3n) is 6.25. The van der Waals surface area contributed by atoms with Gasteiger partial charge in [0.25, 0.3) is 0 Å². The van der Waals surface area contributed by atoms with E-state index in [2.05, 4.69) is 25.6 Å². The number of aryl methyl sites for hydroxylation is 1. The highest BCUT2D eigenvalue weighted by Crippen LogP contribution is 2.56. The molecule has 0 bridgehead atoms. The largest absolute Gasteiger partial charge is 0.390 e. The molecule has 0 amide bonds. The summed E-state index contributed by atoms with van der Waals surface area (Å²) in [5.74, 6) is 0.623. The molecule has 2 saturated carbocycles. The number of rotatable bonds is 8. The average Bonchev–Trinajstić information content (AvgIpc) is 3.07. The fourth-order valence-electron chi connectivity index (χ4n) is 4.48. The molecule has 0 spiro atoms. The minimum atomic E-state index is -1.44. The Morgan fingerprint density at radius 2 is 2.09 bits per heavy atom. The van der Waals surface area contributed by atoms with Gasteiger partial charge in [-0.25, -0.2) is 9.97 Å². The summed E-state index contributed by atoms with van der Waals surface area (Å²) in [7, 11) is 0. The molecule has 2 fully saturated rings. The number of nitrogens with zero attached hydrogens (tertiary/aromatic N) is 4. The van der Waals surface area contributed by atoms with Gasteiger partial charge in [-0.05, 0) is 26.3 Å². The molecule has 3 aromatic rings. The van der Waals surface area contributed by atoms with Gasteiger partial charge in [-0.1, -0.05) is 0 Å². The van der Waals surface area contributed by atoms with Crippen LogP contribution in [0.1, 0.15) is 19.0 Å². The fourth-order valence-corrected chi connectivity index (χ4v) is 5.51. The number of thiazole rings is 1. The van der Waals surface area contributed by atoms with E-state index in [1.54, 1.807) is 12.4 Å². The van der Waals surface area contributed by atoms with Crippen LogP contribution in [0.5, 0.6) is 0 Å². The number of nitrogens with one attached hydrogen (secondary N) is 2. The van der Waals surface area contributed by atoms with E-state index < -0.39 is 23.9 Å². The number of fused-ring (bicyclic) bond motifs is 2. The number of aliphatic hydroxyl groups excluding tert-OH is 2. The van der Waals surface area contributed by atoms with Crippen molar-refractivity contribution in [1.82, 2.24) is 19.9 Å². The van der Waals surface area contributed by atoms with Crippen molar-refractivity contribution < 1.29 is 20.1 Å². The van der Waals surface area contributed by atoms with Crippen molar-refractivity contribution in [2.45, 2.75) is 44.1 Å². The molecule has 0 aliphatic heterocycles. The Balaban J connectivity index is 1.49. The number of anilines is 2. The monoisotopic (exact) mass is 458 g/mol. The first kappa shape index (κ1) is 21.4. The van der Waals surface area contributed by atoms with Crippen molar-refractivity contribution >= 4 is 33.3 Å². The molecular formula is C21H26N6O4S. The SMILES string of the molecule is CCOCCNc1nc(C)c(-c2nc3cnccc3s2)c(N[C@@H]2C[C@@H]3C(O)[C@]3(O)[C@H]2O)n1. The number of aromatic nitrogens is 4. The van der Waals surface area contributed by atoms with Crippen LogP contribution < -0.4 is 10.6 Å². The van der Waals surface area contributed by atoms with Crippen molar-refractivity contribution in [1.29, 1.82) is 0 Å². The standard InChI is InChI=1S/C21H26N6O4S/c1-3-31-7-6-23-20-24-10(2)15(19-26-13-9-22-5-4-14(13)32-19)18(27-20)25-12-8-11-16(28)21(11,30)17(12)29/h4-5,9,11-12,16-17,28-30H,3,6-8H2,1-2H3,(H2,23,24,25,27)/t11-,12-,16?,17+,21+/m1/s1. The van der Waals surface area contributed by atoms with E-state index in [-0.39, 0.29) is 5.92 Å². The van der Waals surface area contributed by atoms with Crippen molar-refractivity contribution in [2.24, 2.45) is 5.92 Å². The quantitative estimate of drug-likeness (QED) is 0.312. The molecule has 32 heavy (non-hydrogen) atoms. The predicted molar refractivity (Wildman–Crippen MR) is 121 cm³/mol. The predicted octanol–water partition coefficient (Wildman–Crippen LogP) is 1.17. The van der Waals surface area contributed by atoms with Crippen LogP contribution in [0.3, 0.4) is 0 Å². The Kier molecular flexibility index (Phi) is 5.46. The Hall–Kier alpha value is -2.44. The summed E-state index contributed by atoms with van der Waals surface area (Å²) in [6, 6.07) is 1.46. The lowest BCUT2D eigenvalue weighted by molar-refractivity contribution is -0.0262. The molecule has 2 aliphatic carbocycles. The molecule has 0 radical (unpaired) electrons. The van der Waals surface area contributed by atoms with E-state index in [0.717, 1.165) is 26.5 Å². The lowest BCUT2D eigenvalue weighted by Crippen LogP contribution is -2.42. The average molecular weight is 459 g/mol. The van der Waals surface area contributed by atoms with Crippen LogP contribution in [0.25, 0.3) is 20.8 Å². The van der Waals surface area contributed by atoms with Crippen LogP contribution in [0.15, 0.2) is 18.5 Å². The van der Waals surface area contributed by atoms with E-state index >= 15 is 0 Å². The van der Waals surface area contributed by atoms with E-state index in [0.29, 0.717) is 37.9 Å². The first-order chi connectivity index (χ1) is 15.4. The number of hydrogen-bond donors (Lipinski definition) is 5. The van der Waals surface area contributed by atoms with Crippen LogP contribution in [0.4, 0.5) is 11.8 Å². The second kappa shape index (κ2) is 8.16. The van der Waals surface area contributed by atoms with E-state index in [9.17, 15) is 15.3 Å². The van der Waals surface area contributed by atoms with E-state index in [1.807, 2.05) is 19.9 Å². The zero-order valence-electron chi connectivity index (χ0n) is 17.8. The highest BCUT2D eigenvalue weighted by atomic mass is 32.1. The molecule has 2 aliphatic rings. The zero-order valence-corrected chi connectivity index (χ0v) is 18.6. The van der Waals surface area contributed by atoms with Crippen molar-refractivity contribution in [3.63, 3.8) is 0 Å². The minimum Gasteiger partial charge on any atom is -0.390 e.